The fourth-order valence-corrected chi connectivity index (χ4v) is 1.27. The zero-order valence-corrected chi connectivity index (χ0v) is 8.87. The SMILES string of the molecule is CN(CCc1cccnc1)C(=O)CCl. The van der Waals surface area contributed by atoms with Crippen LogP contribution in [0.5, 0.6) is 0 Å². The van der Waals surface area contributed by atoms with Crippen molar-refractivity contribution >= 4 is 17.5 Å². The lowest BCUT2D eigenvalue weighted by Gasteiger charge is -2.15. The van der Waals surface area contributed by atoms with Crippen LogP contribution < -0.4 is 0 Å². The molecule has 0 aromatic carbocycles. The summed E-state index contributed by atoms with van der Waals surface area (Å²) in [6.07, 6.45) is 4.35. The van der Waals surface area contributed by atoms with Gasteiger partial charge in [0.15, 0.2) is 0 Å². The van der Waals surface area contributed by atoms with Crippen molar-refractivity contribution in [1.29, 1.82) is 0 Å². The van der Waals surface area contributed by atoms with Crippen LogP contribution in [0.2, 0.25) is 0 Å². The van der Waals surface area contributed by atoms with E-state index in [1.165, 1.54) is 0 Å². The fraction of sp³-hybridized carbons (Fsp3) is 0.400. The minimum absolute atomic E-state index is 0.0452. The number of aromatic nitrogens is 1. The molecule has 0 saturated carbocycles. The molecule has 1 amide bonds. The van der Waals surface area contributed by atoms with Crippen LogP contribution in [0.4, 0.5) is 0 Å². The highest BCUT2D eigenvalue weighted by Gasteiger charge is 2.05. The van der Waals surface area contributed by atoms with Crippen LogP contribution in [-0.2, 0) is 11.2 Å². The van der Waals surface area contributed by atoms with E-state index in [0.717, 1.165) is 12.0 Å². The van der Waals surface area contributed by atoms with Crippen molar-refractivity contribution < 1.29 is 4.79 Å². The van der Waals surface area contributed by atoms with E-state index in [4.69, 9.17) is 11.6 Å². The van der Waals surface area contributed by atoms with Crippen molar-refractivity contribution in [2.24, 2.45) is 0 Å². The van der Waals surface area contributed by atoms with E-state index in [0.29, 0.717) is 6.54 Å². The maximum Gasteiger partial charge on any atom is 0.237 e. The first-order valence-electron chi connectivity index (χ1n) is 4.43. The Kier molecular flexibility index (Phi) is 4.40. The maximum absolute atomic E-state index is 11.1. The van der Waals surface area contributed by atoms with Crippen LogP contribution in [0.15, 0.2) is 24.5 Å². The Morgan fingerprint density at radius 2 is 2.43 bits per heavy atom. The molecule has 0 aliphatic rings. The summed E-state index contributed by atoms with van der Waals surface area (Å²) >= 11 is 5.43. The van der Waals surface area contributed by atoms with Gasteiger partial charge in [-0.25, -0.2) is 0 Å². The summed E-state index contributed by atoms with van der Waals surface area (Å²) in [5.74, 6) is -0.000602. The van der Waals surface area contributed by atoms with E-state index in [2.05, 4.69) is 4.98 Å². The van der Waals surface area contributed by atoms with Crippen LogP contribution in [-0.4, -0.2) is 35.3 Å². The van der Waals surface area contributed by atoms with Gasteiger partial charge in [-0.15, -0.1) is 11.6 Å². The van der Waals surface area contributed by atoms with Gasteiger partial charge in [0.05, 0.1) is 0 Å². The molecule has 0 spiro atoms. The molecule has 1 aromatic heterocycles. The van der Waals surface area contributed by atoms with Gasteiger partial charge in [-0.3, -0.25) is 9.78 Å². The zero-order chi connectivity index (χ0) is 10.4. The van der Waals surface area contributed by atoms with Crippen molar-refractivity contribution in [3.05, 3.63) is 30.1 Å². The Bertz CT molecular complexity index is 289. The molecule has 1 aromatic rings. The topological polar surface area (TPSA) is 33.2 Å². The normalized spacial score (nSPS) is 9.86. The van der Waals surface area contributed by atoms with Crippen molar-refractivity contribution in [2.75, 3.05) is 19.5 Å². The number of nitrogens with zero attached hydrogens (tertiary/aromatic N) is 2. The Hall–Kier alpha value is -1.09. The van der Waals surface area contributed by atoms with Gasteiger partial charge in [0.1, 0.15) is 5.88 Å². The molecule has 1 rings (SSSR count). The van der Waals surface area contributed by atoms with Gasteiger partial charge in [0.2, 0.25) is 5.91 Å². The Balaban J connectivity index is 2.38. The molecule has 0 N–H and O–H groups in total. The molecule has 0 aliphatic carbocycles. The molecule has 3 nitrogen and oxygen atoms in total. The number of carbonyl (C=O) groups excluding carboxylic acids is 1. The predicted molar refractivity (Wildman–Crippen MR) is 56.3 cm³/mol. The molecule has 0 bridgehead atoms. The summed E-state index contributed by atoms with van der Waals surface area (Å²) in [5.41, 5.74) is 1.13. The molecular weight excluding hydrogens is 200 g/mol. The van der Waals surface area contributed by atoms with Crippen LogP contribution >= 0.6 is 11.6 Å². The van der Waals surface area contributed by atoms with Crippen molar-refractivity contribution in [2.45, 2.75) is 6.42 Å². The maximum atomic E-state index is 11.1. The lowest BCUT2D eigenvalue weighted by molar-refractivity contribution is -0.127. The van der Waals surface area contributed by atoms with Gasteiger partial charge in [-0.1, -0.05) is 6.07 Å². The van der Waals surface area contributed by atoms with Gasteiger partial charge in [0, 0.05) is 26.0 Å². The molecule has 0 atom stereocenters. The number of carbonyl (C=O) groups is 1. The molecule has 0 aliphatic heterocycles. The monoisotopic (exact) mass is 212 g/mol. The average molecular weight is 213 g/mol. The third kappa shape index (κ3) is 3.34. The zero-order valence-electron chi connectivity index (χ0n) is 8.11. The largest absolute Gasteiger partial charge is 0.344 e. The molecule has 0 fully saturated rings. The van der Waals surface area contributed by atoms with Gasteiger partial charge in [-0.2, -0.15) is 0 Å². The summed E-state index contributed by atoms with van der Waals surface area (Å²) in [5, 5.41) is 0. The number of halogens is 1. The van der Waals surface area contributed by atoms with Crippen LogP contribution in [0, 0.1) is 0 Å². The number of rotatable bonds is 4. The number of alkyl halides is 1. The lowest BCUT2D eigenvalue weighted by atomic mass is 10.2. The van der Waals surface area contributed by atoms with E-state index < -0.39 is 0 Å². The smallest absolute Gasteiger partial charge is 0.237 e. The van der Waals surface area contributed by atoms with Gasteiger partial charge in [0.25, 0.3) is 0 Å². The van der Waals surface area contributed by atoms with Gasteiger partial charge >= 0.3 is 0 Å². The molecular formula is C10H13ClN2O. The summed E-state index contributed by atoms with van der Waals surface area (Å²) < 4.78 is 0. The second kappa shape index (κ2) is 5.60. The molecule has 4 heteroatoms. The minimum atomic E-state index is -0.0458. The highest BCUT2D eigenvalue weighted by atomic mass is 35.5. The quantitative estimate of drug-likeness (QED) is 0.706. The second-order valence-electron chi connectivity index (χ2n) is 3.06. The van der Waals surface area contributed by atoms with Crippen molar-refractivity contribution in [1.82, 2.24) is 9.88 Å². The number of pyridine rings is 1. The third-order valence-corrected chi connectivity index (χ3v) is 2.23. The summed E-state index contributed by atoms with van der Waals surface area (Å²) in [6.45, 7) is 0.678. The molecule has 0 radical (unpaired) electrons. The standard InChI is InChI=1S/C10H13ClN2O/c1-13(10(14)7-11)6-4-9-3-2-5-12-8-9/h2-3,5,8H,4,6-7H2,1H3. The Morgan fingerprint density at radius 3 is 3.00 bits per heavy atom. The summed E-state index contributed by atoms with van der Waals surface area (Å²) in [7, 11) is 1.75. The van der Waals surface area contributed by atoms with Crippen LogP contribution in [0.3, 0.4) is 0 Å². The van der Waals surface area contributed by atoms with E-state index in [9.17, 15) is 4.79 Å². The molecule has 0 unspecified atom stereocenters. The van der Waals surface area contributed by atoms with E-state index in [1.807, 2.05) is 12.1 Å². The number of likely N-dealkylation sites (N-methyl/N-ethyl adjacent to an activating group) is 1. The first kappa shape index (κ1) is 11.0. The summed E-state index contributed by atoms with van der Waals surface area (Å²) in [6, 6.07) is 3.88. The molecule has 76 valence electrons. The van der Waals surface area contributed by atoms with Crippen molar-refractivity contribution in [3.63, 3.8) is 0 Å². The van der Waals surface area contributed by atoms with Gasteiger partial charge < -0.3 is 4.90 Å². The molecule has 1 heterocycles. The van der Waals surface area contributed by atoms with E-state index in [1.54, 1.807) is 24.3 Å². The predicted octanol–water partition coefficient (Wildman–Crippen LogP) is 1.32. The Labute approximate surface area is 88.7 Å². The summed E-state index contributed by atoms with van der Waals surface area (Å²) in [4.78, 5) is 16.7. The first-order chi connectivity index (χ1) is 6.74. The average Bonchev–Trinajstić information content (AvgIpc) is 2.26. The van der Waals surface area contributed by atoms with Crippen molar-refractivity contribution in [3.8, 4) is 0 Å². The third-order valence-electron chi connectivity index (χ3n) is 2.00. The molecule has 14 heavy (non-hydrogen) atoms. The van der Waals surface area contributed by atoms with E-state index in [-0.39, 0.29) is 11.8 Å². The van der Waals surface area contributed by atoms with Gasteiger partial charge in [-0.05, 0) is 18.1 Å². The highest BCUT2D eigenvalue weighted by molar-refractivity contribution is 6.27. The number of amides is 1. The highest BCUT2D eigenvalue weighted by Crippen LogP contribution is 1.98. The first-order valence-corrected chi connectivity index (χ1v) is 4.96. The fourth-order valence-electron chi connectivity index (χ4n) is 1.07. The number of hydrogen-bond acceptors (Lipinski definition) is 2. The second-order valence-corrected chi connectivity index (χ2v) is 3.33. The lowest BCUT2D eigenvalue weighted by Crippen LogP contribution is -2.29. The molecule has 0 saturated heterocycles. The Morgan fingerprint density at radius 1 is 1.64 bits per heavy atom. The van der Waals surface area contributed by atoms with Crippen LogP contribution in [0.1, 0.15) is 5.56 Å². The van der Waals surface area contributed by atoms with Crippen LogP contribution in [0.25, 0.3) is 0 Å². The van der Waals surface area contributed by atoms with E-state index >= 15 is 0 Å². The number of hydrogen-bond donors (Lipinski definition) is 0. The minimum Gasteiger partial charge on any atom is -0.344 e.